The molecule has 0 spiro atoms. The number of nitrogens with zero attached hydrogens (tertiary/aromatic N) is 4. The first-order valence-electron chi connectivity index (χ1n) is 9.18. The van der Waals surface area contributed by atoms with E-state index in [-0.39, 0.29) is 29.9 Å². The maximum atomic E-state index is 13.8. The van der Waals surface area contributed by atoms with Crippen LogP contribution in [0.1, 0.15) is 51.1 Å². The summed E-state index contributed by atoms with van der Waals surface area (Å²) < 4.78 is 18.2. The number of aromatic nitrogens is 2. The maximum Gasteiger partial charge on any atom is 0.254 e. The van der Waals surface area contributed by atoms with Gasteiger partial charge in [-0.2, -0.15) is 4.37 Å². The molecule has 4 rings (SSSR count). The Labute approximate surface area is 166 Å². The van der Waals surface area contributed by atoms with Crippen LogP contribution in [-0.4, -0.2) is 56.4 Å². The van der Waals surface area contributed by atoms with Crippen LogP contribution in [0.15, 0.2) is 12.1 Å². The summed E-state index contributed by atoms with van der Waals surface area (Å²) >= 11 is 1.19. The Kier molecular flexibility index (Phi) is 4.70. The SMILES string of the molecule is Cc1cc(C(=O)N2CCN(C(=N)c3nc(C4CC4)ns3)C(=N)C2)cc(C)c1F. The summed E-state index contributed by atoms with van der Waals surface area (Å²) in [6.45, 7) is 4.11. The van der Waals surface area contributed by atoms with Gasteiger partial charge in [0.05, 0.1) is 6.54 Å². The standard InChI is InChI=1S/C19H21FN6OS/c1-10-7-13(8-11(2)15(10)20)19(27)25-5-6-26(14(21)9-25)16(22)18-23-17(24-28-18)12-3-4-12/h7-8,12,21-22H,3-6,9H2,1-2H3. The van der Waals surface area contributed by atoms with E-state index in [0.717, 1.165) is 18.7 Å². The van der Waals surface area contributed by atoms with Crippen LogP contribution in [-0.2, 0) is 0 Å². The van der Waals surface area contributed by atoms with Gasteiger partial charge in [0.1, 0.15) is 17.5 Å². The second kappa shape index (κ2) is 7.05. The number of hydrogen-bond donors (Lipinski definition) is 2. The lowest BCUT2D eigenvalue weighted by molar-refractivity contribution is 0.0757. The lowest BCUT2D eigenvalue weighted by atomic mass is 10.0. The lowest BCUT2D eigenvalue weighted by Crippen LogP contribution is -2.53. The van der Waals surface area contributed by atoms with E-state index < -0.39 is 0 Å². The molecule has 0 bridgehead atoms. The summed E-state index contributed by atoms with van der Waals surface area (Å²) in [5.41, 5.74) is 1.29. The zero-order chi connectivity index (χ0) is 20.0. The summed E-state index contributed by atoms with van der Waals surface area (Å²) in [5, 5.41) is 17.2. The van der Waals surface area contributed by atoms with E-state index in [9.17, 15) is 9.18 Å². The van der Waals surface area contributed by atoms with Crippen molar-refractivity contribution in [3.8, 4) is 0 Å². The first-order chi connectivity index (χ1) is 13.3. The molecule has 1 aliphatic carbocycles. The Morgan fingerprint density at radius 3 is 2.54 bits per heavy atom. The number of benzene rings is 1. The molecule has 2 heterocycles. The molecule has 0 radical (unpaired) electrons. The predicted molar refractivity (Wildman–Crippen MR) is 105 cm³/mol. The van der Waals surface area contributed by atoms with Gasteiger partial charge in [-0.3, -0.25) is 15.6 Å². The number of nitrogens with one attached hydrogen (secondary N) is 2. The second-order valence-corrected chi connectivity index (χ2v) is 8.08. The fraction of sp³-hybridized carbons (Fsp3) is 0.421. The fourth-order valence-corrected chi connectivity index (χ4v) is 4.03. The van der Waals surface area contributed by atoms with E-state index in [4.69, 9.17) is 10.8 Å². The molecule has 1 aliphatic heterocycles. The number of carbonyl (C=O) groups is 1. The molecule has 2 aromatic rings. The molecule has 2 fully saturated rings. The van der Waals surface area contributed by atoms with Crippen LogP contribution in [0.25, 0.3) is 0 Å². The number of aryl methyl sites for hydroxylation is 2. The third-order valence-corrected chi connectivity index (χ3v) is 5.82. The van der Waals surface area contributed by atoms with Gasteiger partial charge in [0.2, 0.25) is 0 Å². The Morgan fingerprint density at radius 1 is 1.25 bits per heavy atom. The van der Waals surface area contributed by atoms with Gasteiger partial charge in [0, 0.05) is 24.6 Å². The minimum atomic E-state index is -0.301. The molecule has 0 atom stereocenters. The number of amidine groups is 2. The molecular weight excluding hydrogens is 379 g/mol. The van der Waals surface area contributed by atoms with Crippen molar-refractivity contribution in [3.05, 3.63) is 45.5 Å². The first kappa shape index (κ1) is 18.7. The van der Waals surface area contributed by atoms with Crippen molar-refractivity contribution in [1.82, 2.24) is 19.2 Å². The molecule has 1 amide bonds. The highest BCUT2D eigenvalue weighted by molar-refractivity contribution is 7.07. The smallest absolute Gasteiger partial charge is 0.254 e. The molecule has 0 unspecified atom stereocenters. The number of amides is 1. The maximum absolute atomic E-state index is 13.8. The van der Waals surface area contributed by atoms with Crippen molar-refractivity contribution in [2.45, 2.75) is 32.6 Å². The number of rotatable bonds is 3. The van der Waals surface area contributed by atoms with Crippen LogP contribution in [0.5, 0.6) is 0 Å². The van der Waals surface area contributed by atoms with Crippen molar-refractivity contribution in [2.75, 3.05) is 19.6 Å². The molecule has 2 aliphatic rings. The zero-order valence-electron chi connectivity index (χ0n) is 15.8. The van der Waals surface area contributed by atoms with Gasteiger partial charge < -0.3 is 9.80 Å². The highest BCUT2D eigenvalue weighted by Gasteiger charge is 2.32. The monoisotopic (exact) mass is 400 g/mol. The molecule has 2 N–H and O–H groups in total. The van der Waals surface area contributed by atoms with Gasteiger partial charge in [-0.15, -0.1) is 0 Å². The number of carbonyl (C=O) groups excluding carboxylic acids is 1. The zero-order valence-corrected chi connectivity index (χ0v) is 16.6. The average Bonchev–Trinajstić information content (AvgIpc) is 3.41. The fourth-order valence-electron chi connectivity index (χ4n) is 3.33. The van der Waals surface area contributed by atoms with Crippen molar-refractivity contribution < 1.29 is 9.18 Å². The number of halogens is 1. The quantitative estimate of drug-likeness (QED) is 0.611. The Balaban J connectivity index is 1.45. The van der Waals surface area contributed by atoms with Gasteiger partial charge in [-0.05, 0) is 61.5 Å². The topological polar surface area (TPSA) is 97.0 Å². The van der Waals surface area contributed by atoms with Crippen molar-refractivity contribution >= 4 is 29.1 Å². The molecule has 1 saturated carbocycles. The van der Waals surface area contributed by atoms with Gasteiger partial charge >= 0.3 is 0 Å². The van der Waals surface area contributed by atoms with Gasteiger partial charge in [0.25, 0.3) is 5.91 Å². The molecule has 1 aromatic carbocycles. The second-order valence-electron chi connectivity index (χ2n) is 7.33. The van der Waals surface area contributed by atoms with Gasteiger partial charge in [-0.1, -0.05) is 0 Å². The van der Waals surface area contributed by atoms with Crippen LogP contribution < -0.4 is 0 Å². The van der Waals surface area contributed by atoms with Gasteiger partial charge in [-0.25, -0.2) is 9.37 Å². The van der Waals surface area contributed by atoms with Gasteiger partial charge in [0.15, 0.2) is 10.8 Å². The van der Waals surface area contributed by atoms with Crippen LogP contribution in [0.3, 0.4) is 0 Å². The normalized spacial score (nSPS) is 17.2. The molecule has 9 heteroatoms. The van der Waals surface area contributed by atoms with Crippen LogP contribution in [0.2, 0.25) is 0 Å². The van der Waals surface area contributed by atoms with E-state index in [2.05, 4.69) is 9.36 Å². The third-order valence-electron chi connectivity index (χ3n) is 5.09. The van der Waals surface area contributed by atoms with E-state index in [0.29, 0.717) is 40.7 Å². The van der Waals surface area contributed by atoms with E-state index in [1.165, 1.54) is 11.5 Å². The largest absolute Gasteiger partial charge is 0.329 e. The third kappa shape index (κ3) is 3.42. The van der Waals surface area contributed by atoms with E-state index in [1.54, 1.807) is 35.8 Å². The van der Waals surface area contributed by atoms with Crippen LogP contribution >= 0.6 is 11.5 Å². The number of hydrogen-bond acceptors (Lipinski definition) is 6. The number of piperazine rings is 1. The molecule has 1 aromatic heterocycles. The lowest BCUT2D eigenvalue weighted by Gasteiger charge is -2.35. The summed E-state index contributed by atoms with van der Waals surface area (Å²) in [4.78, 5) is 20.4. The first-order valence-corrected chi connectivity index (χ1v) is 9.96. The summed E-state index contributed by atoms with van der Waals surface area (Å²) in [7, 11) is 0. The predicted octanol–water partition coefficient (Wildman–Crippen LogP) is 2.93. The Bertz CT molecular complexity index is 960. The van der Waals surface area contributed by atoms with Crippen LogP contribution in [0, 0.1) is 30.5 Å². The Morgan fingerprint density at radius 2 is 1.93 bits per heavy atom. The molecule has 28 heavy (non-hydrogen) atoms. The van der Waals surface area contributed by atoms with Crippen molar-refractivity contribution in [2.24, 2.45) is 0 Å². The highest BCUT2D eigenvalue weighted by atomic mass is 32.1. The molecule has 146 valence electrons. The van der Waals surface area contributed by atoms with E-state index >= 15 is 0 Å². The summed E-state index contributed by atoms with van der Waals surface area (Å²) in [5.74, 6) is 1.03. The molecular formula is C19H21FN6OS. The Hall–Kier alpha value is -2.68. The summed E-state index contributed by atoms with van der Waals surface area (Å²) in [6.07, 6.45) is 2.20. The van der Waals surface area contributed by atoms with Crippen molar-refractivity contribution in [1.29, 1.82) is 10.8 Å². The molecule has 7 nitrogen and oxygen atoms in total. The van der Waals surface area contributed by atoms with Crippen LogP contribution in [0.4, 0.5) is 4.39 Å². The highest BCUT2D eigenvalue weighted by Crippen LogP contribution is 2.38. The molecule has 1 saturated heterocycles. The average molecular weight is 400 g/mol. The minimum Gasteiger partial charge on any atom is -0.329 e. The van der Waals surface area contributed by atoms with E-state index in [1.807, 2.05) is 0 Å². The summed E-state index contributed by atoms with van der Waals surface area (Å²) in [6, 6.07) is 3.09. The minimum absolute atomic E-state index is 0.102. The van der Waals surface area contributed by atoms with Crippen molar-refractivity contribution in [3.63, 3.8) is 0 Å².